The Morgan fingerprint density at radius 1 is 0.333 bits per heavy atom. The van der Waals surface area contributed by atoms with Crippen LogP contribution in [0.25, 0.3) is 0 Å². The van der Waals surface area contributed by atoms with Gasteiger partial charge in [0.05, 0.1) is 25.2 Å². The predicted molar refractivity (Wildman–Crippen MR) is 447 cm³/mol. The monoisotopic (exact) mass is 1410 g/mol. The maximum Gasteiger partial charge on any atom is 0.311 e. The summed E-state index contributed by atoms with van der Waals surface area (Å²) >= 11 is 0. The van der Waals surface area contributed by atoms with Gasteiger partial charge in [-0.25, -0.2) is 0 Å². The molecule has 5 heteroatoms. The van der Waals surface area contributed by atoms with E-state index >= 15 is 0 Å². The molecule has 1 fully saturated rings. The predicted octanol–water partition coefficient (Wildman–Crippen LogP) is 33.6. The molecule has 0 heterocycles. The minimum absolute atomic E-state index is 0.0163. The minimum atomic E-state index is -2.03. The van der Waals surface area contributed by atoms with Gasteiger partial charge in [0.2, 0.25) is 0 Å². The fourth-order valence-electron chi connectivity index (χ4n) is 16.8. The molecule has 0 spiro atoms. The average molecular weight is 1410 g/mol. The van der Waals surface area contributed by atoms with Gasteiger partial charge >= 0.3 is 5.97 Å². The number of hydrogen-bond donors (Lipinski definition) is 0. The number of ether oxygens (including phenoxy) is 2. The van der Waals surface area contributed by atoms with E-state index in [9.17, 15) is 4.79 Å². The molecule has 592 valence electrons. The number of rotatable bonds is 82. The smallest absolute Gasteiger partial charge is 0.311 e. The molecule has 1 unspecified atom stereocenters. The van der Waals surface area contributed by atoms with Gasteiger partial charge in [0.1, 0.15) is 0 Å². The van der Waals surface area contributed by atoms with Crippen LogP contribution in [-0.2, 0) is 18.7 Å². The normalized spacial score (nSPS) is 15.8. The van der Waals surface area contributed by atoms with Crippen LogP contribution in [0.15, 0.2) is 0 Å². The fourth-order valence-corrected chi connectivity index (χ4v) is 18.2. The number of hydrogen-bond acceptors (Lipinski definition) is 4. The van der Waals surface area contributed by atoms with Crippen LogP contribution in [0.5, 0.6) is 0 Å². The van der Waals surface area contributed by atoms with E-state index in [1.165, 1.54) is 443 Å². The van der Waals surface area contributed by atoms with Crippen molar-refractivity contribution in [2.45, 2.75) is 554 Å². The zero-order valence-electron chi connectivity index (χ0n) is 70.5. The highest BCUT2D eigenvalue weighted by Gasteiger charge is 2.42. The summed E-state index contributed by atoms with van der Waals surface area (Å²) in [5, 5.41) is 0.123. The number of unbranched alkanes of at least 4 members (excludes halogenated alkanes) is 63. The van der Waals surface area contributed by atoms with Crippen LogP contribution in [0.2, 0.25) is 18.1 Å². The molecule has 0 aromatic heterocycles. The van der Waals surface area contributed by atoms with E-state index in [0.29, 0.717) is 12.0 Å². The van der Waals surface area contributed by atoms with Crippen molar-refractivity contribution in [1.29, 1.82) is 0 Å². The van der Waals surface area contributed by atoms with Crippen molar-refractivity contribution in [3.8, 4) is 0 Å². The van der Waals surface area contributed by atoms with Gasteiger partial charge in [0, 0.05) is 7.11 Å². The van der Waals surface area contributed by atoms with Gasteiger partial charge in [-0.1, -0.05) is 492 Å². The summed E-state index contributed by atoms with van der Waals surface area (Å²) in [6.07, 6.45) is 105. The second kappa shape index (κ2) is 71.8. The van der Waals surface area contributed by atoms with Crippen molar-refractivity contribution in [2.24, 2.45) is 29.6 Å². The van der Waals surface area contributed by atoms with E-state index in [0.717, 1.165) is 43.4 Å². The van der Waals surface area contributed by atoms with Crippen LogP contribution < -0.4 is 0 Å². The molecule has 99 heavy (non-hydrogen) atoms. The molecular formula is C94H188O4Si. The van der Waals surface area contributed by atoms with E-state index < -0.39 is 8.32 Å². The maximum absolute atomic E-state index is 13.4. The van der Waals surface area contributed by atoms with Crippen molar-refractivity contribution >= 4 is 14.3 Å². The maximum atomic E-state index is 13.4. The van der Waals surface area contributed by atoms with Gasteiger partial charge in [-0.3, -0.25) is 4.79 Å². The summed E-state index contributed by atoms with van der Waals surface area (Å²) in [6.45, 7) is 21.4. The molecule has 0 aromatic rings. The van der Waals surface area contributed by atoms with E-state index in [2.05, 4.69) is 61.6 Å². The van der Waals surface area contributed by atoms with Crippen LogP contribution in [0.1, 0.15) is 524 Å². The largest absolute Gasteiger partial charge is 0.469 e. The lowest BCUT2D eigenvalue weighted by molar-refractivity contribution is -0.149. The first-order valence-corrected chi connectivity index (χ1v) is 49.5. The van der Waals surface area contributed by atoms with E-state index in [1.807, 2.05) is 7.11 Å². The Morgan fingerprint density at radius 3 is 0.848 bits per heavy atom. The Bertz CT molecular complexity index is 1610. The zero-order valence-corrected chi connectivity index (χ0v) is 71.5. The van der Waals surface area contributed by atoms with Crippen molar-refractivity contribution < 1.29 is 18.7 Å². The summed E-state index contributed by atoms with van der Waals surface area (Å²) < 4.78 is 18.6. The molecule has 1 saturated carbocycles. The number of carbonyl (C=O) groups excluding carboxylic acids is 1. The van der Waals surface area contributed by atoms with Crippen LogP contribution >= 0.6 is 0 Å². The van der Waals surface area contributed by atoms with Crippen molar-refractivity contribution in [3.63, 3.8) is 0 Å². The molecule has 0 saturated heterocycles. The van der Waals surface area contributed by atoms with Crippen molar-refractivity contribution in [2.75, 3.05) is 14.2 Å². The van der Waals surface area contributed by atoms with Crippen molar-refractivity contribution in [1.82, 2.24) is 0 Å². The molecular weight excluding hydrogens is 1220 g/mol. The summed E-state index contributed by atoms with van der Waals surface area (Å²) in [4.78, 5) is 13.4. The molecule has 7 atom stereocenters. The third-order valence-corrected chi connectivity index (χ3v) is 29.7. The van der Waals surface area contributed by atoms with E-state index in [4.69, 9.17) is 13.9 Å². The lowest BCUT2D eigenvalue weighted by Crippen LogP contribution is -2.47. The van der Waals surface area contributed by atoms with Gasteiger partial charge in [-0.2, -0.15) is 0 Å². The zero-order chi connectivity index (χ0) is 72.1. The summed E-state index contributed by atoms with van der Waals surface area (Å²) in [5.41, 5.74) is 0. The average Bonchev–Trinajstić information content (AvgIpc) is 1.51. The molecule has 0 amide bonds. The Hall–Kier alpha value is -0.393. The molecule has 1 aliphatic carbocycles. The summed E-state index contributed by atoms with van der Waals surface area (Å²) in [7, 11) is 1.52. The SMILES string of the molecule is CCCCCCCCCCCCCCCCCCCCCCCCC(C(=O)OC)[C@@H](CCCCCCCCCCCCCCCCCC[C@H]1C[C@@H]1[C@@H](C)CCCCCCCCCCCCCCC[C@H](OC)[C@@H](C)CCCCCCCCCCCCCCCCCC)O[Si](C)(C)C(C)(C)C. The summed E-state index contributed by atoms with van der Waals surface area (Å²) in [5.74, 6) is 3.64. The first-order chi connectivity index (χ1) is 48.3. The lowest BCUT2D eigenvalue weighted by atomic mass is 9.91. The Morgan fingerprint density at radius 2 is 0.576 bits per heavy atom. The molecule has 0 aromatic carbocycles. The molecule has 0 bridgehead atoms. The molecule has 0 N–H and O–H groups in total. The van der Waals surface area contributed by atoms with Crippen LogP contribution in [0.3, 0.4) is 0 Å². The Kier molecular flexibility index (Phi) is 70.1. The number of carbonyl (C=O) groups is 1. The highest BCUT2D eigenvalue weighted by Crippen LogP contribution is 2.49. The molecule has 0 radical (unpaired) electrons. The third-order valence-electron chi connectivity index (χ3n) is 25.2. The molecule has 1 rings (SSSR count). The lowest BCUT2D eigenvalue weighted by Gasteiger charge is -2.41. The highest BCUT2D eigenvalue weighted by atomic mass is 28.4. The second-order valence-electron chi connectivity index (χ2n) is 35.6. The van der Waals surface area contributed by atoms with Gasteiger partial charge in [-0.05, 0) is 73.9 Å². The minimum Gasteiger partial charge on any atom is -0.469 e. The van der Waals surface area contributed by atoms with Crippen molar-refractivity contribution in [3.05, 3.63) is 0 Å². The fraction of sp³-hybridized carbons (Fsp3) is 0.989. The first-order valence-electron chi connectivity index (χ1n) is 46.6. The Labute approximate surface area is 627 Å². The standard InChI is InChI=1S/C94H188O4Si/c1-12-14-16-18-20-22-24-26-28-30-31-32-33-34-35-40-46-52-58-64-70-76-82-89(93(95)97-9)92(98-99(10,11)94(5,6)7)84-78-72-66-60-54-47-41-37-36-39-45-51-57-63-69-75-81-88-85-90(88)86(3)79-73-67-61-55-49-44-42-48-53-59-65-71-77-83-91(96-8)87(4)80-74-68-62-56-50-43-38-29-27-25-23-21-19-17-15-13-2/h86-92H,12-85H2,1-11H3/t86-,87-,88-,89?,90+,91-,92+/m0/s1. The number of methoxy groups -OCH3 is 2. The molecule has 0 aliphatic heterocycles. The second-order valence-corrected chi connectivity index (χ2v) is 40.4. The molecule has 1 aliphatic rings. The van der Waals surface area contributed by atoms with Gasteiger partial charge in [-0.15, -0.1) is 0 Å². The van der Waals surface area contributed by atoms with E-state index in [-0.39, 0.29) is 23.0 Å². The van der Waals surface area contributed by atoms with Gasteiger partial charge in [0.15, 0.2) is 8.32 Å². The first kappa shape index (κ1) is 96.6. The van der Waals surface area contributed by atoms with Gasteiger partial charge < -0.3 is 13.9 Å². The third kappa shape index (κ3) is 61.3. The van der Waals surface area contributed by atoms with Crippen LogP contribution in [0, 0.1) is 29.6 Å². The van der Waals surface area contributed by atoms with Crippen LogP contribution in [-0.4, -0.2) is 40.7 Å². The quantitative estimate of drug-likeness (QED) is 0.0346. The van der Waals surface area contributed by atoms with Gasteiger partial charge in [0.25, 0.3) is 0 Å². The molecule has 4 nitrogen and oxygen atoms in total. The summed E-state index contributed by atoms with van der Waals surface area (Å²) in [6, 6.07) is 0. The highest BCUT2D eigenvalue weighted by molar-refractivity contribution is 6.74. The topological polar surface area (TPSA) is 44.8 Å². The van der Waals surface area contributed by atoms with Crippen LogP contribution in [0.4, 0.5) is 0 Å². The Balaban J connectivity index is 1.97. The van der Waals surface area contributed by atoms with E-state index in [1.54, 1.807) is 13.5 Å². The number of esters is 1.